The van der Waals surface area contributed by atoms with Gasteiger partial charge in [0, 0.05) is 26.2 Å². The molecule has 1 heterocycles. The molecule has 0 amide bonds. The Hall–Kier alpha value is -0.460. The molecule has 12 heavy (non-hydrogen) atoms. The molecule has 0 aromatic rings. The molecule has 5 nitrogen and oxygen atoms in total. The number of rotatable bonds is 3. The number of carbonyl (C=O) groups is 1. The van der Waals surface area contributed by atoms with E-state index < -0.39 is 15.8 Å². The molecule has 1 aliphatic heterocycles. The number of aldehydes is 1. The van der Waals surface area contributed by atoms with Crippen molar-refractivity contribution in [1.82, 2.24) is 9.62 Å². The smallest absolute Gasteiger partial charge is 0.221 e. The highest BCUT2D eigenvalue weighted by Gasteiger charge is 2.22. The van der Waals surface area contributed by atoms with E-state index >= 15 is 0 Å². The molecule has 6 heteroatoms. The fraction of sp³-hybridized carbons (Fsp3) is 0.833. The van der Waals surface area contributed by atoms with Crippen molar-refractivity contribution in [1.29, 1.82) is 0 Å². The fourth-order valence-electron chi connectivity index (χ4n) is 1.11. The molecular weight excluding hydrogens is 180 g/mol. The summed E-state index contributed by atoms with van der Waals surface area (Å²) in [6.07, 6.45) is 0.428. The highest BCUT2D eigenvalue weighted by Crippen LogP contribution is 2.01. The third kappa shape index (κ3) is 2.26. The summed E-state index contributed by atoms with van der Waals surface area (Å²) in [5, 5.41) is 3.03. The predicted molar refractivity (Wildman–Crippen MR) is 44.3 cm³/mol. The first-order chi connectivity index (χ1) is 5.67. The Morgan fingerprint density at radius 2 is 1.92 bits per heavy atom. The summed E-state index contributed by atoms with van der Waals surface area (Å²) >= 11 is 0. The van der Waals surface area contributed by atoms with Gasteiger partial charge in [-0.25, -0.2) is 8.42 Å². The van der Waals surface area contributed by atoms with Crippen LogP contribution < -0.4 is 5.32 Å². The maximum absolute atomic E-state index is 11.3. The zero-order valence-corrected chi connectivity index (χ0v) is 7.51. The van der Waals surface area contributed by atoms with Crippen molar-refractivity contribution in [3.63, 3.8) is 0 Å². The van der Waals surface area contributed by atoms with Gasteiger partial charge in [-0.3, -0.25) is 0 Å². The molecule has 0 aromatic heterocycles. The van der Waals surface area contributed by atoms with Crippen LogP contribution in [0.4, 0.5) is 0 Å². The van der Waals surface area contributed by atoms with E-state index in [2.05, 4.69) is 5.32 Å². The molecule has 0 atom stereocenters. The van der Waals surface area contributed by atoms with Gasteiger partial charge in [0.2, 0.25) is 10.0 Å². The van der Waals surface area contributed by atoms with E-state index in [0.717, 1.165) is 0 Å². The van der Waals surface area contributed by atoms with Gasteiger partial charge in [-0.15, -0.1) is 0 Å². The summed E-state index contributed by atoms with van der Waals surface area (Å²) in [4.78, 5) is 10.0. The first-order valence-electron chi connectivity index (χ1n) is 3.79. The van der Waals surface area contributed by atoms with E-state index in [0.29, 0.717) is 32.5 Å². The second kappa shape index (κ2) is 3.97. The summed E-state index contributed by atoms with van der Waals surface area (Å²) in [5.41, 5.74) is 0. The molecule has 0 saturated carbocycles. The van der Waals surface area contributed by atoms with Crippen LogP contribution >= 0.6 is 0 Å². The lowest BCUT2D eigenvalue weighted by Gasteiger charge is -2.25. The van der Waals surface area contributed by atoms with Crippen LogP contribution in [-0.2, 0) is 14.8 Å². The minimum absolute atomic E-state index is 0.396. The van der Waals surface area contributed by atoms with Crippen molar-refractivity contribution in [2.45, 2.75) is 0 Å². The Morgan fingerprint density at radius 1 is 1.33 bits per heavy atom. The van der Waals surface area contributed by atoms with Gasteiger partial charge in [0.15, 0.2) is 0 Å². The van der Waals surface area contributed by atoms with Crippen molar-refractivity contribution in [3.8, 4) is 0 Å². The Kier molecular flexibility index (Phi) is 3.19. The van der Waals surface area contributed by atoms with Crippen LogP contribution in [0.2, 0.25) is 0 Å². The quantitative estimate of drug-likeness (QED) is 0.548. The van der Waals surface area contributed by atoms with Crippen LogP contribution in [-0.4, -0.2) is 50.9 Å². The number of hydrogen-bond donors (Lipinski definition) is 1. The Labute approximate surface area is 71.8 Å². The van der Waals surface area contributed by atoms with Crippen LogP contribution in [0.5, 0.6) is 0 Å². The standard InChI is InChI=1S/C6H12N2O3S/c9-5-6-12(10,11)8-3-1-7-2-4-8/h5,7H,1-4,6H2. The van der Waals surface area contributed by atoms with Gasteiger partial charge in [0.05, 0.1) is 0 Å². The van der Waals surface area contributed by atoms with Crippen LogP contribution in [0.1, 0.15) is 0 Å². The molecule has 0 radical (unpaired) electrons. The number of piperazine rings is 1. The molecule has 0 aliphatic carbocycles. The molecule has 1 aliphatic rings. The van der Waals surface area contributed by atoms with E-state index in [1.165, 1.54) is 4.31 Å². The van der Waals surface area contributed by atoms with E-state index in [1.807, 2.05) is 0 Å². The molecule has 1 N–H and O–H groups in total. The third-order valence-corrected chi connectivity index (χ3v) is 3.46. The second-order valence-electron chi connectivity index (χ2n) is 2.59. The van der Waals surface area contributed by atoms with Crippen molar-refractivity contribution < 1.29 is 13.2 Å². The minimum Gasteiger partial charge on any atom is -0.314 e. The largest absolute Gasteiger partial charge is 0.314 e. The Bertz CT molecular complexity index is 244. The van der Waals surface area contributed by atoms with Crippen LogP contribution in [0, 0.1) is 0 Å². The normalized spacial score (nSPS) is 20.7. The molecule has 70 valence electrons. The van der Waals surface area contributed by atoms with Gasteiger partial charge < -0.3 is 10.1 Å². The highest BCUT2D eigenvalue weighted by atomic mass is 32.2. The van der Waals surface area contributed by atoms with Crippen molar-refractivity contribution in [2.24, 2.45) is 0 Å². The summed E-state index contributed by atoms with van der Waals surface area (Å²) in [5.74, 6) is -0.396. The van der Waals surface area contributed by atoms with Gasteiger partial charge >= 0.3 is 0 Å². The number of carbonyl (C=O) groups excluding carboxylic acids is 1. The zero-order chi connectivity index (χ0) is 9.03. The molecule has 0 spiro atoms. The number of nitrogens with zero attached hydrogens (tertiary/aromatic N) is 1. The van der Waals surface area contributed by atoms with Crippen molar-refractivity contribution in [2.75, 3.05) is 31.9 Å². The average Bonchev–Trinajstić information content (AvgIpc) is 2.06. The zero-order valence-electron chi connectivity index (χ0n) is 6.69. The maximum atomic E-state index is 11.3. The second-order valence-corrected chi connectivity index (χ2v) is 4.61. The number of nitrogens with one attached hydrogen (secondary N) is 1. The maximum Gasteiger partial charge on any atom is 0.221 e. The average molecular weight is 192 g/mol. The van der Waals surface area contributed by atoms with Gasteiger partial charge in [-0.1, -0.05) is 0 Å². The highest BCUT2D eigenvalue weighted by molar-refractivity contribution is 7.89. The lowest BCUT2D eigenvalue weighted by molar-refractivity contribution is -0.105. The van der Waals surface area contributed by atoms with E-state index in [4.69, 9.17) is 0 Å². The fourth-order valence-corrected chi connectivity index (χ4v) is 2.24. The lowest BCUT2D eigenvalue weighted by atomic mass is 10.4. The summed E-state index contributed by atoms with van der Waals surface area (Å²) in [6, 6.07) is 0. The van der Waals surface area contributed by atoms with Crippen molar-refractivity contribution in [3.05, 3.63) is 0 Å². The lowest BCUT2D eigenvalue weighted by Crippen LogP contribution is -2.47. The monoisotopic (exact) mass is 192 g/mol. The first kappa shape index (κ1) is 9.63. The summed E-state index contributed by atoms with van der Waals surface area (Å²) < 4.78 is 23.9. The van der Waals surface area contributed by atoms with Crippen LogP contribution in [0.3, 0.4) is 0 Å². The molecular formula is C6H12N2O3S. The summed E-state index contributed by atoms with van der Waals surface area (Å²) in [6.45, 7) is 2.27. The molecule has 0 unspecified atom stereocenters. The number of sulfonamides is 1. The van der Waals surface area contributed by atoms with E-state index in [9.17, 15) is 13.2 Å². The van der Waals surface area contributed by atoms with Gasteiger partial charge in [0.25, 0.3) is 0 Å². The Morgan fingerprint density at radius 3 is 2.42 bits per heavy atom. The molecule has 1 saturated heterocycles. The summed E-state index contributed by atoms with van der Waals surface area (Å²) in [7, 11) is -3.31. The van der Waals surface area contributed by atoms with Crippen molar-refractivity contribution >= 4 is 16.3 Å². The number of hydrogen-bond acceptors (Lipinski definition) is 4. The molecule has 1 fully saturated rings. The van der Waals surface area contributed by atoms with Gasteiger partial charge in [0.1, 0.15) is 12.0 Å². The van der Waals surface area contributed by atoms with E-state index in [-0.39, 0.29) is 0 Å². The van der Waals surface area contributed by atoms with Crippen LogP contribution in [0.25, 0.3) is 0 Å². The molecule has 0 bridgehead atoms. The van der Waals surface area contributed by atoms with Gasteiger partial charge in [-0.05, 0) is 0 Å². The minimum atomic E-state index is -3.31. The SMILES string of the molecule is O=CCS(=O)(=O)N1CCNCC1. The Balaban J connectivity index is 2.60. The van der Waals surface area contributed by atoms with E-state index in [1.54, 1.807) is 0 Å². The predicted octanol–water partition coefficient (Wildman–Crippen LogP) is -1.58. The topological polar surface area (TPSA) is 66.5 Å². The third-order valence-electron chi connectivity index (χ3n) is 1.75. The molecule has 0 aromatic carbocycles. The van der Waals surface area contributed by atoms with Crippen LogP contribution in [0.15, 0.2) is 0 Å². The van der Waals surface area contributed by atoms with Gasteiger partial charge in [-0.2, -0.15) is 4.31 Å². The first-order valence-corrected chi connectivity index (χ1v) is 5.40. The molecule has 1 rings (SSSR count).